The van der Waals surface area contributed by atoms with E-state index in [9.17, 15) is 9.18 Å². The molecule has 18 heavy (non-hydrogen) atoms. The molecule has 5 heteroatoms. The van der Waals surface area contributed by atoms with E-state index in [1.165, 1.54) is 18.2 Å². The lowest BCUT2D eigenvalue weighted by Crippen LogP contribution is -2.32. The molecule has 1 aliphatic heterocycles. The summed E-state index contributed by atoms with van der Waals surface area (Å²) in [6, 6.07) is 4.07. The normalized spacial score (nSPS) is 16.6. The number of rotatable bonds is 3. The number of carbonyl (C=O) groups is 1. The molecule has 0 unspecified atom stereocenters. The number of amides is 1. The second-order valence-electron chi connectivity index (χ2n) is 4.39. The van der Waals surface area contributed by atoms with Gasteiger partial charge >= 0.3 is 0 Å². The molecule has 98 valence electrons. The summed E-state index contributed by atoms with van der Waals surface area (Å²) in [5, 5.41) is 2.88. The van der Waals surface area contributed by atoms with Crippen LogP contribution in [0.15, 0.2) is 22.7 Å². The van der Waals surface area contributed by atoms with E-state index in [-0.39, 0.29) is 11.7 Å². The molecule has 1 N–H and O–H groups in total. The standard InChI is InChI=1S/C13H15BrFNO2/c14-12-7-10(15)1-2-11(12)13(17)16-8-9-3-5-18-6-4-9/h1-2,7,9H,3-6,8H2,(H,16,17). The zero-order valence-electron chi connectivity index (χ0n) is 9.92. The largest absolute Gasteiger partial charge is 0.381 e. The molecular weight excluding hydrogens is 301 g/mol. The minimum absolute atomic E-state index is 0.173. The Hall–Kier alpha value is -0.940. The number of hydrogen-bond acceptors (Lipinski definition) is 2. The van der Waals surface area contributed by atoms with E-state index in [0.717, 1.165) is 26.1 Å². The molecule has 0 aliphatic carbocycles. The maximum Gasteiger partial charge on any atom is 0.252 e. The molecule has 1 heterocycles. The molecule has 1 aliphatic rings. The minimum atomic E-state index is -0.358. The quantitative estimate of drug-likeness (QED) is 0.931. The van der Waals surface area contributed by atoms with Crippen molar-refractivity contribution >= 4 is 21.8 Å². The highest BCUT2D eigenvalue weighted by Gasteiger charge is 2.16. The number of halogens is 2. The summed E-state index contributed by atoms with van der Waals surface area (Å²) in [4.78, 5) is 11.9. The highest BCUT2D eigenvalue weighted by molar-refractivity contribution is 9.10. The first-order chi connectivity index (χ1) is 8.66. The van der Waals surface area contributed by atoms with Crippen molar-refractivity contribution in [3.8, 4) is 0 Å². The number of hydrogen-bond donors (Lipinski definition) is 1. The van der Waals surface area contributed by atoms with Crippen molar-refractivity contribution in [2.24, 2.45) is 5.92 Å². The van der Waals surface area contributed by atoms with Crippen molar-refractivity contribution < 1.29 is 13.9 Å². The predicted octanol–water partition coefficient (Wildman–Crippen LogP) is 2.74. The molecule has 1 amide bonds. The molecule has 0 atom stereocenters. The van der Waals surface area contributed by atoms with Gasteiger partial charge in [-0.05, 0) is 52.9 Å². The Labute approximate surface area is 114 Å². The molecule has 1 saturated heterocycles. The van der Waals surface area contributed by atoms with Gasteiger partial charge in [-0.2, -0.15) is 0 Å². The zero-order valence-corrected chi connectivity index (χ0v) is 11.5. The van der Waals surface area contributed by atoms with Gasteiger partial charge in [0.1, 0.15) is 5.82 Å². The number of ether oxygens (including phenoxy) is 1. The first-order valence-corrected chi connectivity index (χ1v) is 6.77. The van der Waals surface area contributed by atoms with Crippen molar-refractivity contribution in [3.63, 3.8) is 0 Å². The molecule has 1 fully saturated rings. The number of nitrogens with one attached hydrogen (secondary N) is 1. The third-order valence-electron chi connectivity index (χ3n) is 3.07. The van der Waals surface area contributed by atoms with Gasteiger partial charge in [0.15, 0.2) is 0 Å². The van der Waals surface area contributed by atoms with Crippen LogP contribution in [-0.4, -0.2) is 25.7 Å². The minimum Gasteiger partial charge on any atom is -0.381 e. The lowest BCUT2D eigenvalue weighted by Gasteiger charge is -2.22. The summed E-state index contributed by atoms with van der Waals surface area (Å²) < 4.78 is 18.7. The highest BCUT2D eigenvalue weighted by Crippen LogP contribution is 2.18. The fraction of sp³-hybridized carbons (Fsp3) is 0.462. The summed E-state index contributed by atoms with van der Waals surface area (Å²) in [6.45, 7) is 2.17. The fourth-order valence-electron chi connectivity index (χ4n) is 1.96. The van der Waals surface area contributed by atoms with Crippen LogP contribution in [0.2, 0.25) is 0 Å². The Morgan fingerprint density at radius 2 is 2.17 bits per heavy atom. The fourth-order valence-corrected chi connectivity index (χ4v) is 2.49. The first-order valence-electron chi connectivity index (χ1n) is 5.98. The molecule has 0 saturated carbocycles. The third-order valence-corrected chi connectivity index (χ3v) is 3.72. The monoisotopic (exact) mass is 315 g/mol. The molecule has 3 nitrogen and oxygen atoms in total. The van der Waals surface area contributed by atoms with Crippen LogP contribution in [0, 0.1) is 11.7 Å². The third kappa shape index (κ3) is 3.53. The van der Waals surface area contributed by atoms with Gasteiger partial charge in [0.2, 0.25) is 0 Å². The molecule has 0 aromatic heterocycles. The average Bonchev–Trinajstić information content (AvgIpc) is 2.37. The van der Waals surface area contributed by atoms with Crippen molar-refractivity contribution in [2.45, 2.75) is 12.8 Å². The van der Waals surface area contributed by atoms with Crippen LogP contribution in [0.5, 0.6) is 0 Å². The molecule has 2 rings (SSSR count). The molecule has 1 aromatic carbocycles. The number of benzene rings is 1. The first kappa shape index (κ1) is 13.5. The summed E-state index contributed by atoms with van der Waals surface area (Å²) >= 11 is 3.19. The molecular formula is C13H15BrFNO2. The van der Waals surface area contributed by atoms with Crippen LogP contribution in [0.25, 0.3) is 0 Å². The Balaban J connectivity index is 1.90. The van der Waals surface area contributed by atoms with Crippen LogP contribution in [-0.2, 0) is 4.74 Å². The van der Waals surface area contributed by atoms with Gasteiger partial charge in [0.25, 0.3) is 5.91 Å². The summed E-state index contributed by atoms with van der Waals surface area (Å²) in [5.74, 6) is -0.0573. The van der Waals surface area contributed by atoms with E-state index < -0.39 is 0 Å². The maximum absolute atomic E-state index is 12.9. The Bertz CT molecular complexity index is 433. The van der Waals surface area contributed by atoms with Gasteiger partial charge in [-0.25, -0.2) is 4.39 Å². The van der Waals surface area contributed by atoms with Crippen molar-refractivity contribution in [1.29, 1.82) is 0 Å². The van der Waals surface area contributed by atoms with Gasteiger partial charge in [-0.15, -0.1) is 0 Å². The van der Waals surface area contributed by atoms with Crippen LogP contribution in [0.4, 0.5) is 4.39 Å². The van der Waals surface area contributed by atoms with Gasteiger partial charge in [0, 0.05) is 24.2 Å². The van der Waals surface area contributed by atoms with E-state index >= 15 is 0 Å². The van der Waals surface area contributed by atoms with Crippen molar-refractivity contribution in [3.05, 3.63) is 34.1 Å². The van der Waals surface area contributed by atoms with Crippen molar-refractivity contribution in [1.82, 2.24) is 5.32 Å². The van der Waals surface area contributed by atoms with Crippen LogP contribution >= 0.6 is 15.9 Å². The lowest BCUT2D eigenvalue weighted by molar-refractivity contribution is 0.0642. The second kappa shape index (κ2) is 6.29. The van der Waals surface area contributed by atoms with Crippen LogP contribution < -0.4 is 5.32 Å². The summed E-state index contributed by atoms with van der Waals surface area (Å²) in [6.07, 6.45) is 1.95. The van der Waals surface area contributed by atoms with Crippen LogP contribution in [0.3, 0.4) is 0 Å². The van der Waals surface area contributed by atoms with E-state index in [4.69, 9.17) is 4.74 Å². The SMILES string of the molecule is O=C(NCC1CCOCC1)c1ccc(F)cc1Br. The molecule has 1 aromatic rings. The average molecular weight is 316 g/mol. The lowest BCUT2D eigenvalue weighted by atomic mass is 10.0. The highest BCUT2D eigenvalue weighted by atomic mass is 79.9. The Morgan fingerprint density at radius 3 is 2.83 bits per heavy atom. The topological polar surface area (TPSA) is 38.3 Å². The van der Waals surface area contributed by atoms with E-state index in [1.807, 2.05) is 0 Å². The van der Waals surface area contributed by atoms with E-state index in [0.29, 0.717) is 22.5 Å². The second-order valence-corrected chi connectivity index (χ2v) is 5.24. The Morgan fingerprint density at radius 1 is 1.44 bits per heavy atom. The summed E-state index contributed by atoms with van der Waals surface area (Å²) in [7, 11) is 0. The smallest absolute Gasteiger partial charge is 0.252 e. The maximum atomic E-state index is 12.9. The van der Waals surface area contributed by atoms with Crippen LogP contribution in [0.1, 0.15) is 23.2 Å². The molecule has 0 bridgehead atoms. The van der Waals surface area contributed by atoms with Gasteiger partial charge in [-0.1, -0.05) is 0 Å². The van der Waals surface area contributed by atoms with Gasteiger partial charge < -0.3 is 10.1 Å². The zero-order chi connectivity index (χ0) is 13.0. The predicted molar refractivity (Wildman–Crippen MR) is 70.0 cm³/mol. The van der Waals surface area contributed by atoms with Gasteiger partial charge in [-0.3, -0.25) is 4.79 Å². The molecule has 0 spiro atoms. The summed E-state index contributed by atoms with van der Waals surface area (Å²) in [5.41, 5.74) is 0.462. The van der Waals surface area contributed by atoms with E-state index in [1.54, 1.807) is 0 Å². The Kier molecular flexibility index (Phi) is 4.72. The molecule has 0 radical (unpaired) electrons. The van der Waals surface area contributed by atoms with Gasteiger partial charge in [0.05, 0.1) is 5.56 Å². The van der Waals surface area contributed by atoms with Crippen molar-refractivity contribution in [2.75, 3.05) is 19.8 Å². The van der Waals surface area contributed by atoms with E-state index in [2.05, 4.69) is 21.2 Å². The number of carbonyl (C=O) groups excluding carboxylic acids is 1.